The van der Waals surface area contributed by atoms with Gasteiger partial charge in [-0.25, -0.2) is 13.1 Å². The number of aliphatic hydroxyl groups is 1. The Morgan fingerprint density at radius 1 is 1.44 bits per heavy atom. The predicted molar refractivity (Wildman–Crippen MR) is 64.5 cm³/mol. The van der Waals surface area contributed by atoms with E-state index in [-0.39, 0.29) is 24.0 Å². The lowest BCUT2D eigenvalue weighted by atomic mass is 10.2. The predicted octanol–water partition coefficient (Wildman–Crippen LogP) is 0.501. The van der Waals surface area contributed by atoms with Crippen LogP contribution in [0.15, 0.2) is 29.2 Å². The van der Waals surface area contributed by atoms with E-state index in [4.69, 9.17) is 5.11 Å². The Bertz CT molecular complexity index is 529. The number of aliphatic hydroxyl groups excluding tert-OH is 1. The molecule has 0 aliphatic carbocycles. The van der Waals surface area contributed by atoms with Gasteiger partial charge < -0.3 is 5.11 Å². The summed E-state index contributed by atoms with van der Waals surface area (Å²) in [6, 6.07) is 5.11. The zero-order valence-electron chi connectivity index (χ0n) is 9.74. The molecule has 8 heteroatoms. The number of nitrogens with one attached hydrogen (secondary N) is 1. The van der Waals surface area contributed by atoms with Crippen LogP contribution in [0.5, 0.6) is 0 Å². The van der Waals surface area contributed by atoms with Gasteiger partial charge in [-0.2, -0.15) is 0 Å². The number of hydrogen-bond acceptors (Lipinski definition) is 5. The molecule has 0 spiro atoms. The van der Waals surface area contributed by atoms with Crippen molar-refractivity contribution in [3.05, 3.63) is 34.4 Å². The van der Waals surface area contributed by atoms with Crippen molar-refractivity contribution in [1.82, 2.24) is 4.72 Å². The van der Waals surface area contributed by atoms with Crippen molar-refractivity contribution in [2.45, 2.75) is 11.8 Å². The normalized spacial score (nSPS) is 13.2. The fourth-order valence-electron chi connectivity index (χ4n) is 1.23. The Morgan fingerprint density at radius 2 is 2.06 bits per heavy atom. The summed E-state index contributed by atoms with van der Waals surface area (Å²) >= 11 is 0. The first-order valence-electron chi connectivity index (χ1n) is 5.22. The first-order valence-corrected chi connectivity index (χ1v) is 6.70. The summed E-state index contributed by atoms with van der Waals surface area (Å²) in [6.45, 7) is 1.51. The van der Waals surface area contributed by atoms with Crippen LogP contribution >= 0.6 is 0 Å². The molecule has 100 valence electrons. The molecule has 0 aliphatic rings. The molecule has 0 saturated carbocycles. The summed E-state index contributed by atoms with van der Waals surface area (Å²) in [5, 5.41) is 19.5. The van der Waals surface area contributed by atoms with Crippen molar-refractivity contribution in [3.8, 4) is 0 Å². The van der Waals surface area contributed by atoms with Crippen LogP contribution in [-0.4, -0.2) is 31.6 Å². The molecule has 0 aliphatic heterocycles. The number of nitro benzene ring substituents is 1. The molecule has 1 atom stereocenters. The molecule has 2 N–H and O–H groups in total. The molecule has 1 aromatic rings. The molecule has 0 aromatic heterocycles. The highest BCUT2D eigenvalue weighted by molar-refractivity contribution is 7.89. The first-order chi connectivity index (χ1) is 8.38. The fraction of sp³-hybridized carbons (Fsp3) is 0.400. The van der Waals surface area contributed by atoms with Gasteiger partial charge in [-0.05, 0) is 12.0 Å². The van der Waals surface area contributed by atoms with E-state index in [0.717, 1.165) is 6.07 Å². The van der Waals surface area contributed by atoms with Crippen LogP contribution in [0.2, 0.25) is 0 Å². The second kappa shape index (κ2) is 5.89. The number of hydrogen-bond donors (Lipinski definition) is 2. The summed E-state index contributed by atoms with van der Waals surface area (Å²) in [5.41, 5.74) is -0.471. The van der Waals surface area contributed by atoms with Crippen molar-refractivity contribution in [2.24, 2.45) is 5.92 Å². The van der Waals surface area contributed by atoms with Gasteiger partial charge in [0.2, 0.25) is 10.0 Å². The van der Waals surface area contributed by atoms with Crippen LogP contribution in [0.25, 0.3) is 0 Å². The molecule has 0 radical (unpaired) electrons. The average Bonchev–Trinajstić information content (AvgIpc) is 2.36. The van der Waals surface area contributed by atoms with Crippen molar-refractivity contribution < 1.29 is 18.4 Å². The van der Waals surface area contributed by atoms with E-state index in [0.29, 0.717) is 0 Å². The summed E-state index contributed by atoms with van der Waals surface area (Å²) in [5.74, 6) is -0.262. The summed E-state index contributed by atoms with van der Waals surface area (Å²) in [7, 11) is -3.94. The van der Waals surface area contributed by atoms with Gasteiger partial charge in [0.1, 0.15) is 0 Å². The standard InChI is InChI=1S/C10H14N2O5S/c1-8(7-13)6-11-18(16,17)10-5-3-2-4-9(10)12(14)15/h2-5,8,11,13H,6-7H2,1H3. The number of sulfonamides is 1. The highest BCUT2D eigenvalue weighted by atomic mass is 32.2. The third-order valence-corrected chi connectivity index (χ3v) is 3.76. The van der Waals surface area contributed by atoms with E-state index in [1.54, 1.807) is 6.92 Å². The van der Waals surface area contributed by atoms with Gasteiger partial charge in [-0.1, -0.05) is 19.1 Å². The third kappa shape index (κ3) is 3.49. The van der Waals surface area contributed by atoms with Crippen LogP contribution in [0.4, 0.5) is 5.69 Å². The average molecular weight is 274 g/mol. The first kappa shape index (κ1) is 14.6. The lowest BCUT2D eigenvalue weighted by Gasteiger charge is -2.10. The molecule has 18 heavy (non-hydrogen) atoms. The van der Waals surface area contributed by atoms with Gasteiger partial charge in [0.05, 0.1) is 4.92 Å². The highest BCUT2D eigenvalue weighted by Crippen LogP contribution is 2.22. The van der Waals surface area contributed by atoms with E-state index >= 15 is 0 Å². The maximum Gasteiger partial charge on any atom is 0.289 e. The highest BCUT2D eigenvalue weighted by Gasteiger charge is 2.24. The van der Waals surface area contributed by atoms with Crippen molar-refractivity contribution >= 4 is 15.7 Å². The van der Waals surface area contributed by atoms with Crippen molar-refractivity contribution in [3.63, 3.8) is 0 Å². The minimum absolute atomic E-state index is 0.0187. The Hall–Kier alpha value is -1.51. The van der Waals surface area contributed by atoms with Gasteiger partial charge in [0.25, 0.3) is 5.69 Å². The lowest BCUT2D eigenvalue weighted by molar-refractivity contribution is -0.387. The Balaban J connectivity index is 3.02. The van der Waals surface area contributed by atoms with Crippen LogP contribution in [0.1, 0.15) is 6.92 Å². The lowest BCUT2D eigenvalue weighted by Crippen LogP contribution is -2.30. The van der Waals surface area contributed by atoms with Gasteiger partial charge in [0, 0.05) is 19.2 Å². The SMILES string of the molecule is CC(CO)CNS(=O)(=O)c1ccccc1[N+](=O)[O-]. The van der Waals surface area contributed by atoms with Crippen LogP contribution < -0.4 is 4.72 Å². The zero-order valence-corrected chi connectivity index (χ0v) is 10.6. The smallest absolute Gasteiger partial charge is 0.289 e. The Kier molecular flexibility index (Phi) is 4.76. The molecule has 0 saturated heterocycles. The summed E-state index contributed by atoms with van der Waals surface area (Å²) < 4.78 is 26.0. The number of nitro groups is 1. The van der Waals surface area contributed by atoms with E-state index in [1.807, 2.05) is 0 Å². The Morgan fingerprint density at radius 3 is 2.61 bits per heavy atom. The maximum atomic E-state index is 11.9. The molecule has 1 aromatic carbocycles. The zero-order chi connectivity index (χ0) is 13.8. The summed E-state index contributed by atoms with van der Waals surface area (Å²) in [6.07, 6.45) is 0. The molecule has 1 rings (SSSR count). The monoisotopic (exact) mass is 274 g/mol. The molecule has 0 fully saturated rings. The van der Waals surface area contributed by atoms with Crippen LogP contribution in [0, 0.1) is 16.0 Å². The van der Waals surface area contributed by atoms with Gasteiger partial charge >= 0.3 is 0 Å². The largest absolute Gasteiger partial charge is 0.396 e. The van der Waals surface area contributed by atoms with Gasteiger partial charge in [-0.3, -0.25) is 10.1 Å². The fourth-order valence-corrected chi connectivity index (χ4v) is 2.56. The van der Waals surface area contributed by atoms with Gasteiger partial charge in [0.15, 0.2) is 4.90 Å². The van der Waals surface area contributed by atoms with Crippen LogP contribution in [-0.2, 0) is 10.0 Å². The van der Waals surface area contributed by atoms with E-state index < -0.39 is 20.6 Å². The van der Waals surface area contributed by atoms with Crippen molar-refractivity contribution in [2.75, 3.05) is 13.2 Å². The number of rotatable bonds is 6. The molecule has 0 bridgehead atoms. The molecular formula is C10H14N2O5S. The minimum atomic E-state index is -3.94. The van der Waals surface area contributed by atoms with E-state index in [2.05, 4.69) is 4.72 Å². The molecule has 7 nitrogen and oxygen atoms in total. The second-order valence-corrected chi connectivity index (χ2v) is 5.60. The quantitative estimate of drug-likeness (QED) is 0.580. The Labute approximate surface area is 105 Å². The third-order valence-electron chi connectivity index (χ3n) is 2.28. The number of para-hydroxylation sites is 1. The van der Waals surface area contributed by atoms with E-state index in [9.17, 15) is 18.5 Å². The summed E-state index contributed by atoms with van der Waals surface area (Å²) in [4.78, 5) is 9.62. The molecule has 0 amide bonds. The minimum Gasteiger partial charge on any atom is -0.396 e. The maximum absolute atomic E-state index is 11.9. The molecular weight excluding hydrogens is 260 g/mol. The number of benzene rings is 1. The molecule has 0 heterocycles. The molecule has 1 unspecified atom stereocenters. The van der Waals surface area contributed by atoms with Gasteiger partial charge in [-0.15, -0.1) is 0 Å². The number of nitrogens with zero attached hydrogens (tertiary/aromatic N) is 1. The topological polar surface area (TPSA) is 110 Å². The van der Waals surface area contributed by atoms with E-state index in [1.165, 1.54) is 18.2 Å². The van der Waals surface area contributed by atoms with Crippen molar-refractivity contribution in [1.29, 1.82) is 0 Å². The second-order valence-electron chi connectivity index (χ2n) is 3.86. The van der Waals surface area contributed by atoms with Crippen LogP contribution in [0.3, 0.4) is 0 Å².